The predicted molar refractivity (Wildman–Crippen MR) is 82.3 cm³/mol. The van der Waals surface area contributed by atoms with E-state index < -0.39 is 24.0 Å². The second-order valence-corrected chi connectivity index (χ2v) is 5.16. The number of carbonyl (C=O) groups is 2. The fraction of sp³-hybridized carbons (Fsp3) is 0.467. The summed E-state index contributed by atoms with van der Waals surface area (Å²) < 4.78 is 0. The molecule has 1 unspecified atom stereocenters. The molecule has 1 rings (SSSR count). The molecule has 0 spiro atoms. The summed E-state index contributed by atoms with van der Waals surface area (Å²) in [5.74, 6) is -1.51. The highest BCUT2D eigenvalue weighted by atomic mass is 16.4. The van der Waals surface area contributed by atoms with Crippen molar-refractivity contribution in [2.45, 2.75) is 37.8 Å². The maximum absolute atomic E-state index is 11.9. The van der Waals surface area contributed by atoms with Gasteiger partial charge in [0.15, 0.2) is 0 Å². The van der Waals surface area contributed by atoms with Gasteiger partial charge < -0.3 is 27.0 Å². The van der Waals surface area contributed by atoms with Gasteiger partial charge in [-0.3, -0.25) is 4.79 Å². The number of phenolic OH excluding ortho intramolecular Hbond substituents is 1. The van der Waals surface area contributed by atoms with Gasteiger partial charge in [0.2, 0.25) is 5.91 Å². The zero-order valence-corrected chi connectivity index (χ0v) is 12.4. The lowest BCUT2D eigenvalue weighted by atomic mass is 10.0. The molecule has 1 amide bonds. The number of carboxylic acids is 1. The molecular formula is C15H23N3O4. The number of phenols is 1. The number of amides is 1. The first-order chi connectivity index (χ1) is 10.4. The van der Waals surface area contributed by atoms with Gasteiger partial charge in [0, 0.05) is 6.42 Å². The van der Waals surface area contributed by atoms with Crippen LogP contribution in [0.3, 0.4) is 0 Å². The quantitative estimate of drug-likeness (QED) is 0.406. The molecule has 0 radical (unpaired) electrons. The highest BCUT2D eigenvalue weighted by Gasteiger charge is 2.23. The summed E-state index contributed by atoms with van der Waals surface area (Å²) in [6, 6.07) is 4.35. The lowest BCUT2D eigenvalue weighted by Gasteiger charge is -2.18. The number of hydrogen-bond donors (Lipinski definition) is 5. The second kappa shape index (κ2) is 9.01. The maximum atomic E-state index is 11.9. The van der Waals surface area contributed by atoms with Gasteiger partial charge in [-0.05, 0) is 37.1 Å². The predicted octanol–water partition coefficient (Wildman–Crippen LogP) is -0.0396. The summed E-state index contributed by atoms with van der Waals surface area (Å²) in [4.78, 5) is 23.2. The molecule has 0 aromatic heterocycles. The number of nitrogens with one attached hydrogen (secondary N) is 1. The normalized spacial score (nSPS) is 13.4. The molecule has 0 aliphatic heterocycles. The molecule has 1 aromatic carbocycles. The van der Waals surface area contributed by atoms with Crippen molar-refractivity contribution in [1.29, 1.82) is 0 Å². The number of benzene rings is 1. The molecule has 122 valence electrons. The van der Waals surface area contributed by atoms with Crippen LogP contribution in [0.4, 0.5) is 0 Å². The zero-order valence-electron chi connectivity index (χ0n) is 12.4. The van der Waals surface area contributed by atoms with Crippen LogP contribution in [0.1, 0.15) is 24.8 Å². The number of carbonyl (C=O) groups excluding carboxylic acids is 1. The average molecular weight is 309 g/mol. The van der Waals surface area contributed by atoms with Crippen molar-refractivity contribution >= 4 is 11.9 Å². The number of unbranched alkanes of at least 4 members (excludes halogenated alkanes) is 1. The Morgan fingerprint density at radius 3 is 2.36 bits per heavy atom. The minimum absolute atomic E-state index is 0.0987. The Kier molecular flexibility index (Phi) is 7.34. The molecule has 0 aliphatic rings. The summed E-state index contributed by atoms with van der Waals surface area (Å²) in [6.07, 6.45) is 2.09. The van der Waals surface area contributed by atoms with Crippen molar-refractivity contribution in [3.63, 3.8) is 0 Å². The summed E-state index contributed by atoms with van der Waals surface area (Å²) in [7, 11) is 0. The van der Waals surface area contributed by atoms with E-state index in [1.165, 1.54) is 12.1 Å². The van der Waals surface area contributed by atoms with E-state index in [2.05, 4.69) is 5.32 Å². The number of nitrogens with two attached hydrogens (primary N) is 2. The minimum atomic E-state index is -1.13. The molecule has 22 heavy (non-hydrogen) atoms. The molecule has 2 atom stereocenters. The Balaban J connectivity index is 2.58. The lowest BCUT2D eigenvalue weighted by Crippen LogP contribution is -2.49. The Morgan fingerprint density at radius 1 is 1.18 bits per heavy atom. The molecule has 0 bridgehead atoms. The van der Waals surface area contributed by atoms with Crippen molar-refractivity contribution in [2.75, 3.05) is 6.54 Å². The van der Waals surface area contributed by atoms with E-state index in [1.54, 1.807) is 12.1 Å². The largest absolute Gasteiger partial charge is 0.508 e. The van der Waals surface area contributed by atoms with Gasteiger partial charge in [0.1, 0.15) is 11.8 Å². The van der Waals surface area contributed by atoms with Gasteiger partial charge in [0.25, 0.3) is 0 Å². The second-order valence-electron chi connectivity index (χ2n) is 5.16. The first-order valence-electron chi connectivity index (χ1n) is 7.20. The summed E-state index contributed by atoms with van der Waals surface area (Å²) in [5, 5.41) is 20.9. The van der Waals surface area contributed by atoms with Crippen molar-refractivity contribution in [3.05, 3.63) is 29.8 Å². The highest BCUT2D eigenvalue weighted by Crippen LogP contribution is 2.11. The first-order valence-corrected chi connectivity index (χ1v) is 7.20. The van der Waals surface area contributed by atoms with Gasteiger partial charge in [-0.1, -0.05) is 18.6 Å². The number of hydrogen-bond acceptors (Lipinski definition) is 5. The maximum Gasteiger partial charge on any atom is 0.326 e. The van der Waals surface area contributed by atoms with Crippen LogP contribution in [0, 0.1) is 0 Å². The Morgan fingerprint density at radius 2 is 1.82 bits per heavy atom. The van der Waals surface area contributed by atoms with E-state index in [0.29, 0.717) is 18.5 Å². The van der Waals surface area contributed by atoms with E-state index in [1.807, 2.05) is 0 Å². The van der Waals surface area contributed by atoms with Gasteiger partial charge in [-0.2, -0.15) is 0 Å². The van der Waals surface area contributed by atoms with Crippen molar-refractivity contribution in [3.8, 4) is 5.75 Å². The van der Waals surface area contributed by atoms with E-state index in [9.17, 15) is 19.8 Å². The van der Waals surface area contributed by atoms with Crippen LogP contribution in [0.15, 0.2) is 24.3 Å². The smallest absolute Gasteiger partial charge is 0.326 e. The van der Waals surface area contributed by atoms with E-state index >= 15 is 0 Å². The van der Waals surface area contributed by atoms with Crippen LogP contribution in [-0.2, 0) is 16.0 Å². The summed E-state index contributed by atoms with van der Waals surface area (Å²) in [5.41, 5.74) is 11.8. The molecule has 7 heteroatoms. The lowest BCUT2D eigenvalue weighted by molar-refractivity contribution is -0.142. The molecule has 7 nitrogen and oxygen atoms in total. The number of carboxylic acid groups (broad SMARTS) is 1. The summed E-state index contributed by atoms with van der Waals surface area (Å²) >= 11 is 0. The summed E-state index contributed by atoms with van der Waals surface area (Å²) in [6.45, 7) is 0.535. The molecule has 1 aromatic rings. The van der Waals surface area contributed by atoms with E-state index in [0.717, 1.165) is 12.8 Å². The van der Waals surface area contributed by atoms with Crippen LogP contribution in [-0.4, -0.2) is 40.7 Å². The molecule has 0 aliphatic carbocycles. The van der Waals surface area contributed by atoms with Crippen LogP contribution in [0.2, 0.25) is 0 Å². The molecule has 7 N–H and O–H groups in total. The molecular weight excluding hydrogens is 286 g/mol. The average Bonchev–Trinajstić information content (AvgIpc) is 2.48. The van der Waals surface area contributed by atoms with Gasteiger partial charge in [-0.25, -0.2) is 4.79 Å². The molecule has 0 saturated heterocycles. The zero-order chi connectivity index (χ0) is 16.5. The molecule has 0 heterocycles. The monoisotopic (exact) mass is 309 g/mol. The van der Waals surface area contributed by atoms with Crippen molar-refractivity contribution in [2.24, 2.45) is 11.5 Å². The van der Waals surface area contributed by atoms with Crippen LogP contribution < -0.4 is 16.8 Å². The van der Waals surface area contributed by atoms with Gasteiger partial charge in [-0.15, -0.1) is 0 Å². The number of aliphatic carboxylic acids is 1. The van der Waals surface area contributed by atoms with E-state index in [-0.39, 0.29) is 12.2 Å². The SMILES string of the molecule is NCCCCC(N)C(=O)N[C@@H](Cc1ccc(O)cc1)C(=O)O. The van der Waals surface area contributed by atoms with Crippen LogP contribution in [0.25, 0.3) is 0 Å². The molecule has 0 saturated carbocycles. The third-order valence-electron chi connectivity index (χ3n) is 3.30. The van der Waals surface area contributed by atoms with Crippen LogP contribution in [0.5, 0.6) is 5.75 Å². The fourth-order valence-corrected chi connectivity index (χ4v) is 1.99. The topological polar surface area (TPSA) is 139 Å². The fourth-order valence-electron chi connectivity index (χ4n) is 1.99. The number of aromatic hydroxyl groups is 1. The Bertz CT molecular complexity index is 490. The Labute approximate surface area is 129 Å². The highest BCUT2D eigenvalue weighted by molar-refractivity contribution is 5.86. The number of rotatable bonds is 9. The van der Waals surface area contributed by atoms with Crippen LogP contribution >= 0.6 is 0 Å². The Hall–Kier alpha value is -2.12. The van der Waals surface area contributed by atoms with Crippen molar-refractivity contribution in [1.82, 2.24) is 5.32 Å². The van der Waals surface area contributed by atoms with Gasteiger partial charge in [0.05, 0.1) is 6.04 Å². The third kappa shape index (κ3) is 6.11. The van der Waals surface area contributed by atoms with E-state index in [4.69, 9.17) is 11.5 Å². The first kappa shape index (κ1) is 17.9. The third-order valence-corrected chi connectivity index (χ3v) is 3.30. The van der Waals surface area contributed by atoms with Crippen molar-refractivity contribution < 1.29 is 19.8 Å². The molecule has 0 fully saturated rings. The minimum Gasteiger partial charge on any atom is -0.508 e. The standard InChI is InChI=1S/C15H23N3O4/c16-8-2-1-3-12(17)14(20)18-13(15(21)22)9-10-4-6-11(19)7-5-10/h4-7,12-13,19H,1-3,8-9,16-17H2,(H,18,20)(H,21,22)/t12?,13-/m0/s1. The van der Waals surface area contributed by atoms with Gasteiger partial charge >= 0.3 is 5.97 Å².